The van der Waals surface area contributed by atoms with Crippen molar-refractivity contribution in [2.45, 2.75) is 0 Å². The highest BCUT2D eigenvalue weighted by Crippen LogP contribution is 2.31. The van der Waals surface area contributed by atoms with E-state index in [1.165, 1.54) is 42.7 Å². The second kappa shape index (κ2) is 6.50. The first-order valence-corrected chi connectivity index (χ1v) is 7.54. The van der Waals surface area contributed by atoms with Crippen molar-refractivity contribution in [1.82, 2.24) is 4.98 Å². The maximum absolute atomic E-state index is 11.2. The molecule has 1 amide bonds. The summed E-state index contributed by atoms with van der Waals surface area (Å²) in [7, 11) is 1.28. The Labute approximate surface area is 139 Å². The number of non-ortho nitro benzene ring substituents is 1. The van der Waals surface area contributed by atoms with Gasteiger partial charge in [-0.3, -0.25) is 15.4 Å². The van der Waals surface area contributed by atoms with E-state index in [0.29, 0.717) is 22.1 Å². The molecule has 0 atom stereocenters. The predicted molar refractivity (Wildman–Crippen MR) is 88.8 cm³/mol. The van der Waals surface area contributed by atoms with Gasteiger partial charge < -0.3 is 9.47 Å². The molecule has 0 bridgehead atoms. The van der Waals surface area contributed by atoms with E-state index < -0.39 is 11.0 Å². The van der Waals surface area contributed by atoms with Crippen LogP contribution in [0, 0.1) is 10.1 Å². The van der Waals surface area contributed by atoms with Crippen molar-refractivity contribution in [3.05, 3.63) is 52.6 Å². The van der Waals surface area contributed by atoms with Gasteiger partial charge in [-0.05, 0) is 24.3 Å². The van der Waals surface area contributed by atoms with Gasteiger partial charge in [-0.15, -0.1) is 0 Å². The largest absolute Gasteiger partial charge is 0.457 e. The minimum Gasteiger partial charge on any atom is -0.457 e. The van der Waals surface area contributed by atoms with E-state index in [0.717, 1.165) is 4.70 Å². The van der Waals surface area contributed by atoms with Crippen molar-refractivity contribution in [2.75, 3.05) is 12.4 Å². The minimum absolute atomic E-state index is 0.00112. The third-order valence-corrected chi connectivity index (χ3v) is 3.97. The molecule has 0 aliphatic heterocycles. The van der Waals surface area contributed by atoms with E-state index in [1.807, 2.05) is 0 Å². The number of rotatable bonds is 4. The molecule has 9 heteroatoms. The van der Waals surface area contributed by atoms with E-state index in [2.05, 4.69) is 15.0 Å². The molecular weight excluding hydrogens is 334 g/mol. The number of nitro groups is 1. The Hall–Kier alpha value is -3.20. The van der Waals surface area contributed by atoms with Gasteiger partial charge in [-0.2, -0.15) is 0 Å². The standard InChI is InChI=1S/C15H11N3O5S/c1-22-15(19)17-14-16-12-7-6-11(8-13(12)24-14)23-10-4-2-9(3-5-10)18(20)21/h2-8H,1H3,(H,16,17,19). The van der Waals surface area contributed by atoms with Crippen molar-refractivity contribution in [3.63, 3.8) is 0 Å². The molecule has 0 radical (unpaired) electrons. The van der Waals surface area contributed by atoms with E-state index in [9.17, 15) is 14.9 Å². The van der Waals surface area contributed by atoms with E-state index >= 15 is 0 Å². The Morgan fingerprint density at radius 2 is 1.92 bits per heavy atom. The molecule has 8 nitrogen and oxygen atoms in total. The summed E-state index contributed by atoms with van der Waals surface area (Å²) in [5.41, 5.74) is 0.709. The minimum atomic E-state index is -0.587. The fourth-order valence-corrected chi connectivity index (χ4v) is 2.81. The molecule has 122 valence electrons. The number of carbonyl (C=O) groups is 1. The van der Waals surface area contributed by atoms with Gasteiger partial charge in [0.1, 0.15) is 11.5 Å². The molecule has 1 N–H and O–H groups in total. The Kier molecular flexibility index (Phi) is 4.25. The number of thiazole rings is 1. The summed E-state index contributed by atoms with van der Waals surface area (Å²) in [4.78, 5) is 25.6. The molecule has 24 heavy (non-hydrogen) atoms. The predicted octanol–water partition coefficient (Wildman–Crippen LogP) is 4.18. The number of carbonyl (C=O) groups excluding carboxylic acids is 1. The smallest absolute Gasteiger partial charge is 0.413 e. The lowest BCUT2D eigenvalue weighted by atomic mass is 10.3. The highest BCUT2D eigenvalue weighted by Gasteiger charge is 2.09. The SMILES string of the molecule is COC(=O)Nc1nc2ccc(Oc3ccc([N+](=O)[O-])cc3)cc2s1. The van der Waals surface area contributed by atoms with Crippen molar-refractivity contribution in [2.24, 2.45) is 0 Å². The third-order valence-electron chi connectivity index (χ3n) is 3.04. The number of ether oxygens (including phenoxy) is 2. The summed E-state index contributed by atoms with van der Waals surface area (Å²) in [6, 6.07) is 11.1. The van der Waals surface area contributed by atoms with Crippen LogP contribution in [0.15, 0.2) is 42.5 Å². The monoisotopic (exact) mass is 345 g/mol. The summed E-state index contributed by atoms with van der Waals surface area (Å²) in [6.07, 6.45) is -0.587. The van der Waals surface area contributed by atoms with Crippen LogP contribution < -0.4 is 10.1 Å². The van der Waals surface area contributed by atoms with Crippen molar-refractivity contribution in [1.29, 1.82) is 0 Å². The average molecular weight is 345 g/mol. The van der Waals surface area contributed by atoms with Gasteiger partial charge in [0.05, 0.1) is 22.2 Å². The quantitative estimate of drug-likeness (QED) is 0.562. The topological polar surface area (TPSA) is 104 Å². The summed E-state index contributed by atoms with van der Waals surface area (Å²) in [6.45, 7) is 0. The highest BCUT2D eigenvalue weighted by molar-refractivity contribution is 7.22. The van der Waals surface area contributed by atoms with Gasteiger partial charge in [-0.1, -0.05) is 11.3 Å². The lowest BCUT2D eigenvalue weighted by molar-refractivity contribution is -0.384. The van der Waals surface area contributed by atoms with Crippen LogP contribution in [0.3, 0.4) is 0 Å². The maximum atomic E-state index is 11.2. The summed E-state index contributed by atoms with van der Waals surface area (Å²) < 4.78 is 11.0. The molecule has 0 saturated carbocycles. The number of aromatic nitrogens is 1. The second-order valence-corrected chi connectivity index (χ2v) is 5.65. The van der Waals surface area contributed by atoms with Crippen molar-refractivity contribution < 1.29 is 19.2 Å². The van der Waals surface area contributed by atoms with E-state index in [4.69, 9.17) is 4.74 Å². The number of methoxy groups -OCH3 is 1. The van der Waals surface area contributed by atoms with Gasteiger partial charge in [0, 0.05) is 18.2 Å². The summed E-state index contributed by atoms with van der Waals surface area (Å²) >= 11 is 1.28. The molecule has 0 aliphatic rings. The number of nitrogens with one attached hydrogen (secondary N) is 1. The number of fused-ring (bicyclic) bond motifs is 1. The Balaban J connectivity index is 1.79. The molecule has 2 aromatic carbocycles. The molecule has 3 rings (SSSR count). The van der Waals surface area contributed by atoms with Crippen LogP contribution in [0.4, 0.5) is 15.6 Å². The number of hydrogen-bond donors (Lipinski definition) is 1. The van der Waals surface area contributed by atoms with Gasteiger partial charge in [0.25, 0.3) is 5.69 Å². The first kappa shape index (κ1) is 15.7. The second-order valence-electron chi connectivity index (χ2n) is 4.62. The number of benzene rings is 2. The van der Waals surface area contributed by atoms with Crippen LogP contribution in [0.2, 0.25) is 0 Å². The van der Waals surface area contributed by atoms with Gasteiger partial charge in [0.15, 0.2) is 5.13 Å². The highest BCUT2D eigenvalue weighted by atomic mass is 32.1. The molecule has 1 heterocycles. The van der Waals surface area contributed by atoms with Crippen LogP contribution in [-0.4, -0.2) is 23.1 Å². The fourth-order valence-electron chi connectivity index (χ4n) is 1.93. The molecule has 0 unspecified atom stereocenters. The number of nitrogens with zero attached hydrogens (tertiary/aromatic N) is 2. The van der Waals surface area contributed by atoms with Crippen LogP contribution >= 0.6 is 11.3 Å². The zero-order chi connectivity index (χ0) is 17.1. The first-order chi connectivity index (χ1) is 11.5. The molecule has 0 aliphatic carbocycles. The van der Waals surface area contributed by atoms with Crippen LogP contribution in [-0.2, 0) is 4.74 Å². The number of nitro benzene ring substituents is 1. The molecule has 0 spiro atoms. The lowest BCUT2D eigenvalue weighted by Crippen LogP contribution is -2.10. The maximum Gasteiger partial charge on any atom is 0.413 e. The first-order valence-electron chi connectivity index (χ1n) is 6.73. The summed E-state index contributed by atoms with van der Waals surface area (Å²) in [5.74, 6) is 1.04. The third kappa shape index (κ3) is 3.41. The average Bonchev–Trinajstić information content (AvgIpc) is 2.96. The van der Waals surface area contributed by atoms with Gasteiger partial charge >= 0.3 is 6.09 Å². The molecular formula is C15H11N3O5S. The fraction of sp³-hybridized carbons (Fsp3) is 0.0667. The number of hydrogen-bond acceptors (Lipinski definition) is 7. The number of anilines is 1. The normalized spacial score (nSPS) is 10.4. The Morgan fingerprint density at radius 3 is 2.58 bits per heavy atom. The molecule has 0 saturated heterocycles. The van der Waals surface area contributed by atoms with Gasteiger partial charge in [0.2, 0.25) is 0 Å². The molecule has 0 fully saturated rings. The van der Waals surface area contributed by atoms with Crippen LogP contribution in [0.5, 0.6) is 11.5 Å². The van der Waals surface area contributed by atoms with E-state index in [-0.39, 0.29) is 5.69 Å². The van der Waals surface area contributed by atoms with Crippen LogP contribution in [0.1, 0.15) is 0 Å². The van der Waals surface area contributed by atoms with Crippen LogP contribution in [0.25, 0.3) is 10.2 Å². The zero-order valence-corrected chi connectivity index (χ0v) is 13.2. The zero-order valence-electron chi connectivity index (χ0n) is 12.4. The molecule has 3 aromatic rings. The lowest BCUT2D eigenvalue weighted by Gasteiger charge is -2.04. The van der Waals surface area contributed by atoms with Crippen molar-refractivity contribution in [3.8, 4) is 11.5 Å². The Morgan fingerprint density at radius 1 is 1.21 bits per heavy atom. The van der Waals surface area contributed by atoms with Gasteiger partial charge in [-0.25, -0.2) is 9.78 Å². The van der Waals surface area contributed by atoms with Crippen molar-refractivity contribution >= 4 is 38.5 Å². The molecule has 1 aromatic heterocycles. The van der Waals surface area contributed by atoms with E-state index in [1.54, 1.807) is 18.2 Å². The number of amides is 1. The Bertz CT molecular complexity index is 907. The summed E-state index contributed by atoms with van der Waals surface area (Å²) in [5, 5.41) is 13.6.